The number of ether oxygens (including phenoxy) is 1. The van der Waals surface area contributed by atoms with Gasteiger partial charge in [-0.3, -0.25) is 0 Å². The molecule has 2 fully saturated rings. The molecule has 2 N–H and O–H groups in total. The van der Waals surface area contributed by atoms with Gasteiger partial charge in [0.15, 0.2) is 5.03 Å². The lowest BCUT2D eigenvalue weighted by Gasteiger charge is -2.18. The van der Waals surface area contributed by atoms with Crippen molar-refractivity contribution >= 4 is 10.0 Å². The molecule has 2 aliphatic rings. The maximum atomic E-state index is 12.2. The van der Waals surface area contributed by atoms with Gasteiger partial charge in [0.2, 0.25) is 0 Å². The lowest BCUT2D eigenvalue weighted by molar-refractivity contribution is 0.0848. The molecule has 3 rings (SSSR count). The van der Waals surface area contributed by atoms with Crippen LogP contribution in [0.2, 0.25) is 0 Å². The third-order valence-electron chi connectivity index (χ3n) is 3.50. The molecule has 0 aromatic carbocycles. The second kappa shape index (κ2) is 4.32. The van der Waals surface area contributed by atoms with Gasteiger partial charge in [0, 0.05) is 6.61 Å². The van der Waals surface area contributed by atoms with Crippen LogP contribution in [0, 0.1) is 12.8 Å². The number of hydrogen-bond acceptors (Lipinski definition) is 4. The van der Waals surface area contributed by atoms with Gasteiger partial charge in [-0.1, -0.05) is 0 Å². The molecule has 0 bridgehead atoms. The highest BCUT2D eigenvalue weighted by Gasteiger charge is 2.42. The van der Waals surface area contributed by atoms with Crippen molar-refractivity contribution in [3.05, 3.63) is 12.0 Å². The number of nitrogens with zero attached hydrogens (tertiary/aromatic N) is 1. The molecule has 1 aliphatic heterocycles. The van der Waals surface area contributed by atoms with Crippen LogP contribution in [0.3, 0.4) is 0 Å². The Kier molecular flexibility index (Phi) is 2.91. The Hall–Kier alpha value is -0.920. The van der Waals surface area contributed by atoms with Gasteiger partial charge in [-0.05, 0) is 32.1 Å². The third-order valence-corrected chi connectivity index (χ3v) is 4.90. The van der Waals surface area contributed by atoms with E-state index in [1.165, 1.54) is 6.20 Å². The SMILES string of the molecule is Cc1ncc(S(=O)(=O)NC2CCOC2C2CC2)[nH]1. The molecular formula is C11H17N3O3S. The maximum absolute atomic E-state index is 12.2. The molecule has 1 saturated carbocycles. The summed E-state index contributed by atoms with van der Waals surface area (Å²) in [6.45, 7) is 2.36. The van der Waals surface area contributed by atoms with Crippen LogP contribution >= 0.6 is 0 Å². The Balaban J connectivity index is 1.75. The van der Waals surface area contributed by atoms with Crippen molar-refractivity contribution in [3.8, 4) is 0 Å². The molecule has 100 valence electrons. The number of nitrogens with one attached hydrogen (secondary N) is 2. The molecule has 2 unspecified atom stereocenters. The van der Waals surface area contributed by atoms with Gasteiger partial charge in [-0.25, -0.2) is 18.1 Å². The predicted molar refractivity (Wildman–Crippen MR) is 64.5 cm³/mol. The van der Waals surface area contributed by atoms with Gasteiger partial charge in [0.25, 0.3) is 10.0 Å². The van der Waals surface area contributed by atoms with Gasteiger partial charge in [0.1, 0.15) is 5.82 Å². The summed E-state index contributed by atoms with van der Waals surface area (Å²) >= 11 is 0. The van der Waals surface area contributed by atoms with E-state index >= 15 is 0 Å². The summed E-state index contributed by atoms with van der Waals surface area (Å²) in [4.78, 5) is 6.67. The van der Waals surface area contributed by atoms with Crippen molar-refractivity contribution in [1.29, 1.82) is 0 Å². The zero-order valence-electron chi connectivity index (χ0n) is 10.2. The Morgan fingerprint density at radius 1 is 1.44 bits per heavy atom. The Morgan fingerprint density at radius 2 is 2.22 bits per heavy atom. The minimum absolute atomic E-state index is 0.0452. The Bertz CT molecular complexity index is 535. The zero-order valence-corrected chi connectivity index (χ0v) is 11.0. The van der Waals surface area contributed by atoms with Gasteiger partial charge < -0.3 is 9.72 Å². The average Bonchev–Trinajstić information content (AvgIpc) is 2.88. The topological polar surface area (TPSA) is 84.1 Å². The largest absolute Gasteiger partial charge is 0.376 e. The molecule has 2 heterocycles. The number of aromatic amines is 1. The zero-order chi connectivity index (χ0) is 12.8. The normalized spacial score (nSPS) is 28.7. The lowest BCUT2D eigenvalue weighted by Crippen LogP contribution is -2.41. The highest BCUT2D eigenvalue weighted by molar-refractivity contribution is 7.89. The second-order valence-electron chi connectivity index (χ2n) is 5.02. The molecule has 1 saturated heterocycles. The number of sulfonamides is 1. The van der Waals surface area contributed by atoms with Crippen LogP contribution in [-0.4, -0.2) is 37.1 Å². The van der Waals surface area contributed by atoms with E-state index in [1.807, 2.05) is 0 Å². The van der Waals surface area contributed by atoms with Crippen LogP contribution in [0.1, 0.15) is 25.1 Å². The third kappa shape index (κ3) is 2.30. The standard InChI is InChI=1S/C11H17N3O3S/c1-7-12-6-10(13-7)18(15,16)14-9-4-5-17-11(9)8-2-3-8/h6,8-9,11,14H,2-5H2,1H3,(H,12,13). The second-order valence-corrected chi connectivity index (χ2v) is 6.70. The van der Waals surface area contributed by atoms with Crippen molar-refractivity contribution in [3.63, 3.8) is 0 Å². The van der Waals surface area contributed by atoms with Crippen LogP contribution in [0.4, 0.5) is 0 Å². The van der Waals surface area contributed by atoms with Crippen molar-refractivity contribution in [2.75, 3.05) is 6.61 Å². The van der Waals surface area contributed by atoms with Crippen LogP contribution in [0.25, 0.3) is 0 Å². The number of aryl methyl sites for hydroxylation is 1. The lowest BCUT2D eigenvalue weighted by atomic mass is 10.1. The minimum atomic E-state index is -3.51. The number of H-pyrrole nitrogens is 1. The summed E-state index contributed by atoms with van der Waals surface area (Å²) in [5, 5.41) is 0.126. The van der Waals surface area contributed by atoms with Crippen LogP contribution in [0.5, 0.6) is 0 Å². The Labute approximate surface area is 106 Å². The smallest absolute Gasteiger partial charge is 0.257 e. The van der Waals surface area contributed by atoms with E-state index < -0.39 is 10.0 Å². The van der Waals surface area contributed by atoms with E-state index in [0.717, 1.165) is 19.3 Å². The summed E-state index contributed by atoms with van der Waals surface area (Å²) < 4.78 is 32.7. The van der Waals surface area contributed by atoms with Crippen molar-refractivity contribution < 1.29 is 13.2 Å². The highest BCUT2D eigenvalue weighted by atomic mass is 32.2. The first kappa shape index (κ1) is 12.1. The summed E-state index contributed by atoms with van der Waals surface area (Å²) in [5.74, 6) is 1.13. The first-order chi connectivity index (χ1) is 8.56. The van der Waals surface area contributed by atoms with Crippen molar-refractivity contribution in [2.24, 2.45) is 5.92 Å². The molecular weight excluding hydrogens is 254 g/mol. The molecule has 7 heteroatoms. The van der Waals surface area contributed by atoms with E-state index in [0.29, 0.717) is 18.3 Å². The first-order valence-electron chi connectivity index (χ1n) is 6.22. The predicted octanol–water partition coefficient (Wildman–Crippen LogP) is 0.564. The van der Waals surface area contributed by atoms with Gasteiger partial charge in [-0.15, -0.1) is 0 Å². The maximum Gasteiger partial charge on any atom is 0.257 e. The van der Waals surface area contributed by atoms with Gasteiger partial charge in [-0.2, -0.15) is 0 Å². The quantitative estimate of drug-likeness (QED) is 0.838. The van der Waals surface area contributed by atoms with E-state index in [4.69, 9.17) is 4.74 Å². The molecule has 0 spiro atoms. The van der Waals surface area contributed by atoms with Crippen molar-refractivity contribution in [1.82, 2.24) is 14.7 Å². The van der Waals surface area contributed by atoms with E-state index in [-0.39, 0.29) is 17.2 Å². The number of aromatic nitrogens is 2. The molecule has 6 nitrogen and oxygen atoms in total. The minimum Gasteiger partial charge on any atom is -0.376 e. The number of imidazole rings is 1. The summed E-state index contributed by atoms with van der Waals surface area (Å²) in [5.41, 5.74) is 0. The van der Waals surface area contributed by atoms with E-state index in [1.54, 1.807) is 6.92 Å². The molecule has 1 aromatic heterocycles. The monoisotopic (exact) mass is 271 g/mol. The van der Waals surface area contributed by atoms with Crippen LogP contribution in [0.15, 0.2) is 11.2 Å². The van der Waals surface area contributed by atoms with E-state index in [2.05, 4.69) is 14.7 Å². The molecule has 0 radical (unpaired) electrons. The van der Waals surface area contributed by atoms with Crippen molar-refractivity contribution in [2.45, 2.75) is 43.4 Å². The van der Waals surface area contributed by atoms with Crippen LogP contribution < -0.4 is 4.72 Å². The van der Waals surface area contributed by atoms with Crippen LogP contribution in [-0.2, 0) is 14.8 Å². The average molecular weight is 271 g/mol. The molecule has 0 amide bonds. The fourth-order valence-electron chi connectivity index (χ4n) is 2.42. The van der Waals surface area contributed by atoms with E-state index in [9.17, 15) is 8.42 Å². The Morgan fingerprint density at radius 3 is 2.83 bits per heavy atom. The molecule has 18 heavy (non-hydrogen) atoms. The highest BCUT2D eigenvalue weighted by Crippen LogP contribution is 2.39. The van der Waals surface area contributed by atoms with Gasteiger partial charge in [0.05, 0.1) is 18.3 Å². The number of hydrogen-bond donors (Lipinski definition) is 2. The molecule has 1 aliphatic carbocycles. The summed E-state index contributed by atoms with van der Waals surface area (Å²) in [6.07, 6.45) is 4.43. The fraction of sp³-hybridized carbons (Fsp3) is 0.727. The van der Waals surface area contributed by atoms with Gasteiger partial charge >= 0.3 is 0 Å². The first-order valence-corrected chi connectivity index (χ1v) is 7.70. The fourth-order valence-corrected chi connectivity index (χ4v) is 3.68. The summed E-state index contributed by atoms with van der Waals surface area (Å²) in [7, 11) is -3.51. The number of rotatable bonds is 4. The summed E-state index contributed by atoms with van der Waals surface area (Å²) in [6, 6.07) is -0.105. The molecule has 2 atom stereocenters. The molecule has 1 aromatic rings.